The number of hydrogen-bond acceptors (Lipinski definition) is 3. The Morgan fingerprint density at radius 2 is 1.93 bits per heavy atom. The van der Waals surface area contributed by atoms with Gasteiger partial charge in [0, 0.05) is 11.5 Å². The Morgan fingerprint density at radius 1 is 1.26 bits per heavy atom. The third-order valence-electron chi connectivity index (χ3n) is 3.96. The lowest BCUT2D eigenvalue weighted by molar-refractivity contribution is 0.163. The van der Waals surface area contributed by atoms with E-state index in [1.165, 1.54) is 23.9 Å². The summed E-state index contributed by atoms with van der Waals surface area (Å²) in [6.07, 6.45) is 0.620. The number of ether oxygens (including phenoxy) is 1. The molecule has 27 heavy (non-hydrogen) atoms. The number of nitrogens with one attached hydrogen (secondary N) is 1. The minimum absolute atomic E-state index is 0.284. The van der Waals surface area contributed by atoms with E-state index in [1.54, 1.807) is 18.2 Å². The molecule has 2 rings (SSSR count). The van der Waals surface area contributed by atoms with Crippen LogP contribution in [0.4, 0.5) is 19.4 Å². The lowest BCUT2D eigenvalue weighted by Gasteiger charge is -2.24. The second-order valence-electron chi connectivity index (χ2n) is 6.27. The van der Waals surface area contributed by atoms with Gasteiger partial charge in [-0.2, -0.15) is 5.10 Å². The van der Waals surface area contributed by atoms with Crippen LogP contribution in [0, 0.1) is 6.92 Å². The van der Waals surface area contributed by atoms with Gasteiger partial charge in [-0.1, -0.05) is 53.9 Å². The number of anilines is 1. The summed E-state index contributed by atoms with van der Waals surface area (Å²) in [5.74, 6) is 0.284. The number of alkyl halides is 5. The number of aryl methyl sites for hydroxylation is 1. The molecular weight excluding hydrogens is 423 g/mol. The summed E-state index contributed by atoms with van der Waals surface area (Å²) in [5.41, 5.74) is 0.572. The number of carbonyl (C=O) groups is 1. The Balaban J connectivity index is 2.30. The fraction of sp³-hybridized carbons (Fsp3) is 0.412. The smallest absolute Gasteiger partial charge is 0.412 e. The van der Waals surface area contributed by atoms with Gasteiger partial charge < -0.3 is 4.74 Å². The van der Waals surface area contributed by atoms with Crippen molar-refractivity contribution >= 4 is 46.7 Å². The van der Waals surface area contributed by atoms with Crippen molar-refractivity contribution in [2.75, 3.05) is 25.3 Å². The van der Waals surface area contributed by atoms with Gasteiger partial charge in [-0.3, -0.25) is 14.1 Å². The highest BCUT2D eigenvalue weighted by atomic mass is 35.6. The van der Waals surface area contributed by atoms with E-state index in [4.69, 9.17) is 39.5 Å². The maximum atomic E-state index is 13.4. The number of nitrogens with zero attached hydrogens (tertiary/aromatic N) is 2. The lowest BCUT2D eigenvalue weighted by Crippen LogP contribution is -2.27. The Kier molecular flexibility index (Phi) is 6.94. The van der Waals surface area contributed by atoms with E-state index in [9.17, 15) is 13.6 Å². The number of amides is 1. The van der Waals surface area contributed by atoms with Gasteiger partial charge in [0.15, 0.2) is 0 Å². The van der Waals surface area contributed by atoms with Crippen molar-refractivity contribution < 1.29 is 18.3 Å². The monoisotopic (exact) mass is 439 g/mol. The van der Waals surface area contributed by atoms with Gasteiger partial charge >= 0.3 is 6.09 Å². The molecule has 0 fully saturated rings. The van der Waals surface area contributed by atoms with E-state index in [0.717, 1.165) is 5.56 Å². The molecule has 1 aromatic carbocycles. The molecule has 0 saturated heterocycles. The summed E-state index contributed by atoms with van der Waals surface area (Å²) in [7, 11) is 0. The SMILES string of the molecule is Cc1ccc(C(C)(CF)CF)cc1-n1nccc1NC(=O)OCC(Cl)(Cl)Cl. The molecule has 0 radical (unpaired) electrons. The summed E-state index contributed by atoms with van der Waals surface area (Å²) >= 11 is 16.6. The normalized spacial score (nSPS) is 12.1. The van der Waals surface area contributed by atoms with Crippen LogP contribution in [0.1, 0.15) is 18.1 Å². The fourth-order valence-electron chi connectivity index (χ4n) is 2.28. The number of halogens is 5. The van der Waals surface area contributed by atoms with E-state index in [2.05, 4.69) is 10.4 Å². The Labute approximate surface area is 170 Å². The highest BCUT2D eigenvalue weighted by molar-refractivity contribution is 6.67. The molecular formula is C17H18Cl3F2N3O2. The van der Waals surface area contributed by atoms with Crippen LogP contribution in [0.3, 0.4) is 0 Å². The van der Waals surface area contributed by atoms with Crippen molar-refractivity contribution in [3.63, 3.8) is 0 Å². The predicted molar refractivity (Wildman–Crippen MR) is 103 cm³/mol. The molecule has 0 atom stereocenters. The number of aromatic nitrogens is 2. The van der Waals surface area contributed by atoms with Crippen molar-refractivity contribution in [2.24, 2.45) is 0 Å². The quantitative estimate of drug-likeness (QED) is 0.621. The molecule has 1 heterocycles. The van der Waals surface area contributed by atoms with Gasteiger partial charge in [0.1, 0.15) is 25.8 Å². The van der Waals surface area contributed by atoms with Gasteiger partial charge in [0.25, 0.3) is 0 Å². The zero-order valence-electron chi connectivity index (χ0n) is 14.6. The minimum atomic E-state index is -1.73. The van der Waals surface area contributed by atoms with Crippen LogP contribution in [-0.2, 0) is 10.2 Å². The molecule has 1 amide bonds. The Hall–Kier alpha value is -1.57. The highest BCUT2D eigenvalue weighted by Crippen LogP contribution is 2.30. The molecule has 0 unspecified atom stereocenters. The minimum Gasteiger partial charge on any atom is -0.445 e. The summed E-state index contributed by atoms with van der Waals surface area (Å²) in [6.45, 7) is 1.18. The van der Waals surface area contributed by atoms with Crippen molar-refractivity contribution in [3.05, 3.63) is 41.6 Å². The third-order valence-corrected chi connectivity index (χ3v) is 4.29. The number of hydrogen-bond donors (Lipinski definition) is 1. The van der Waals surface area contributed by atoms with E-state index in [1.807, 2.05) is 6.92 Å². The van der Waals surface area contributed by atoms with Gasteiger partial charge in [0.05, 0.1) is 11.9 Å². The molecule has 10 heteroatoms. The first-order chi connectivity index (χ1) is 12.6. The Bertz CT molecular complexity index is 805. The molecule has 0 aliphatic heterocycles. The molecule has 1 N–H and O–H groups in total. The molecule has 0 bridgehead atoms. The zero-order valence-corrected chi connectivity index (χ0v) is 16.9. The standard InChI is InChI=1S/C17H18Cl3F2N3O2/c1-11-3-4-12(16(2,8-21)9-22)7-13(11)25-14(5-6-23-25)24-15(26)27-10-17(18,19)20/h3-7H,8-10H2,1-2H3,(H,24,26). The maximum absolute atomic E-state index is 13.4. The van der Waals surface area contributed by atoms with Crippen LogP contribution in [0.5, 0.6) is 0 Å². The fourth-order valence-corrected chi connectivity index (χ4v) is 2.44. The predicted octanol–water partition coefficient (Wildman–Crippen LogP) is 5.30. The van der Waals surface area contributed by atoms with E-state index in [-0.39, 0.29) is 5.82 Å². The summed E-state index contributed by atoms with van der Waals surface area (Å²) < 4.78 is 31.3. The van der Waals surface area contributed by atoms with Gasteiger partial charge in [-0.05, 0) is 24.1 Å². The molecule has 0 aliphatic carbocycles. The maximum Gasteiger partial charge on any atom is 0.412 e. The van der Waals surface area contributed by atoms with Crippen molar-refractivity contribution in [2.45, 2.75) is 23.1 Å². The summed E-state index contributed by atoms with van der Waals surface area (Å²) in [4.78, 5) is 11.9. The van der Waals surface area contributed by atoms with Crippen molar-refractivity contribution in [1.29, 1.82) is 0 Å². The first-order valence-electron chi connectivity index (χ1n) is 7.87. The van der Waals surface area contributed by atoms with Crippen LogP contribution < -0.4 is 5.32 Å². The lowest BCUT2D eigenvalue weighted by atomic mass is 9.84. The first kappa shape index (κ1) is 21.7. The average Bonchev–Trinajstić information content (AvgIpc) is 3.07. The Morgan fingerprint density at radius 3 is 2.52 bits per heavy atom. The van der Waals surface area contributed by atoms with Crippen LogP contribution in [-0.4, -0.2) is 39.6 Å². The average molecular weight is 441 g/mol. The van der Waals surface area contributed by atoms with Gasteiger partial charge in [-0.15, -0.1) is 0 Å². The molecule has 5 nitrogen and oxygen atoms in total. The second kappa shape index (κ2) is 8.63. The molecule has 0 spiro atoms. The largest absolute Gasteiger partial charge is 0.445 e. The second-order valence-corrected chi connectivity index (χ2v) is 8.79. The topological polar surface area (TPSA) is 56.2 Å². The molecule has 0 saturated carbocycles. The molecule has 0 aliphatic rings. The molecule has 1 aromatic heterocycles. The molecule has 148 valence electrons. The first-order valence-corrected chi connectivity index (χ1v) is 9.01. The molecule has 2 aromatic rings. The van der Waals surface area contributed by atoms with Gasteiger partial charge in [-0.25, -0.2) is 9.48 Å². The number of benzene rings is 1. The van der Waals surface area contributed by atoms with Crippen molar-refractivity contribution in [1.82, 2.24) is 9.78 Å². The van der Waals surface area contributed by atoms with Crippen molar-refractivity contribution in [3.8, 4) is 5.69 Å². The summed E-state index contributed by atoms with van der Waals surface area (Å²) in [6, 6.07) is 6.58. The zero-order chi connectivity index (χ0) is 20.2. The van der Waals surface area contributed by atoms with Crippen LogP contribution in [0.15, 0.2) is 30.5 Å². The van der Waals surface area contributed by atoms with Crippen LogP contribution in [0.2, 0.25) is 0 Å². The van der Waals surface area contributed by atoms with Crippen LogP contribution in [0.25, 0.3) is 5.69 Å². The number of carbonyl (C=O) groups excluding carboxylic acids is 1. The highest BCUT2D eigenvalue weighted by Gasteiger charge is 2.28. The third kappa shape index (κ3) is 5.46. The van der Waals surface area contributed by atoms with E-state index in [0.29, 0.717) is 11.3 Å². The summed E-state index contributed by atoms with van der Waals surface area (Å²) in [5, 5.41) is 6.65. The van der Waals surface area contributed by atoms with Gasteiger partial charge in [0.2, 0.25) is 3.79 Å². The number of rotatable bonds is 6. The van der Waals surface area contributed by atoms with Crippen LogP contribution >= 0.6 is 34.8 Å². The van der Waals surface area contributed by atoms with E-state index < -0.39 is 35.3 Å². The van der Waals surface area contributed by atoms with E-state index >= 15 is 0 Å².